The third-order valence-corrected chi connectivity index (χ3v) is 9.11. The molecule has 0 N–H and O–H groups in total. The lowest BCUT2D eigenvalue weighted by Crippen LogP contribution is -2.38. The summed E-state index contributed by atoms with van der Waals surface area (Å²) in [4.78, 5) is 0. The summed E-state index contributed by atoms with van der Waals surface area (Å²) in [6.45, 7) is 2.57. The van der Waals surface area contributed by atoms with E-state index in [-0.39, 0.29) is 29.1 Å². The standard InChI is InChI=1S/C29H37NO4S2/c1-2-13-28(34-29(35)33-26-17-10-6-11-18-26)27-19-12-4-3-9-16-25-20-24(27)21-30(25)36(31,32)22-23-14-7-5-8-15-23/h5-8,10-11,14-15,17-18,20,25,27-28H,2-4,9,12-13,16,19,21-22H2,1H3. The zero-order chi connectivity index (χ0) is 25.4. The van der Waals surface area contributed by atoms with Crippen molar-refractivity contribution in [1.82, 2.24) is 4.31 Å². The Hall–Kier alpha value is -2.22. The first kappa shape index (κ1) is 26.8. The van der Waals surface area contributed by atoms with E-state index >= 15 is 0 Å². The van der Waals surface area contributed by atoms with Crippen molar-refractivity contribution < 1.29 is 17.9 Å². The number of sulfonamides is 1. The lowest BCUT2D eigenvalue weighted by Gasteiger charge is -2.29. The Kier molecular flexibility index (Phi) is 9.57. The highest BCUT2D eigenvalue weighted by atomic mass is 32.2. The molecule has 3 atom stereocenters. The van der Waals surface area contributed by atoms with Gasteiger partial charge in [-0.25, -0.2) is 8.42 Å². The van der Waals surface area contributed by atoms with Crippen LogP contribution in [0.3, 0.4) is 0 Å². The van der Waals surface area contributed by atoms with Crippen LogP contribution in [-0.2, 0) is 20.5 Å². The van der Waals surface area contributed by atoms with E-state index in [1.807, 2.05) is 60.7 Å². The number of para-hydroxylation sites is 1. The normalized spacial score (nSPS) is 21.9. The first-order valence-electron chi connectivity index (χ1n) is 13.1. The van der Waals surface area contributed by atoms with Crippen LogP contribution in [0.25, 0.3) is 0 Å². The Morgan fingerprint density at radius 1 is 1.00 bits per heavy atom. The molecule has 0 spiro atoms. The van der Waals surface area contributed by atoms with Gasteiger partial charge in [-0.3, -0.25) is 0 Å². The fourth-order valence-electron chi connectivity index (χ4n) is 5.36. The van der Waals surface area contributed by atoms with Gasteiger partial charge < -0.3 is 9.47 Å². The second-order valence-electron chi connectivity index (χ2n) is 9.80. The van der Waals surface area contributed by atoms with Crippen LogP contribution >= 0.6 is 12.2 Å². The summed E-state index contributed by atoms with van der Waals surface area (Å²) in [5, 5.41) is 0.125. The van der Waals surface area contributed by atoms with Gasteiger partial charge in [0.1, 0.15) is 11.9 Å². The molecule has 2 aliphatic rings. The monoisotopic (exact) mass is 527 g/mol. The summed E-state index contributed by atoms with van der Waals surface area (Å²) < 4.78 is 40.9. The second-order valence-corrected chi connectivity index (χ2v) is 12.1. The van der Waals surface area contributed by atoms with Crippen molar-refractivity contribution in [2.45, 2.75) is 76.2 Å². The molecule has 5 nitrogen and oxygen atoms in total. The minimum atomic E-state index is -3.46. The smallest absolute Gasteiger partial charge is 0.358 e. The Morgan fingerprint density at radius 2 is 1.67 bits per heavy atom. The molecule has 0 aromatic heterocycles. The van der Waals surface area contributed by atoms with Crippen LogP contribution in [-0.4, -0.2) is 36.7 Å². The Bertz CT molecular complexity index is 1120. The molecular weight excluding hydrogens is 490 g/mol. The van der Waals surface area contributed by atoms with Gasteiger partial charge in [0, 0.05) is 30.7 Å². The van der Waals surface area contributed by atoms with Gasteiger partial charge in [0.05, 0.1) is 5.75 Å². The molecule has 4 rings (SSSR count). The number of nitrogens with zero attached hydrogens (tertiary/aromatic N) is 1. The maximum Gasteiger partial charge on any atom is 0.358 e. The van der Waals surface area contributed by atoms with Crippen LogP contribution in [0.15, 0.2) is 72.3 Å². The van der Waals surface area contributed by atoms with Crippen molar-refractivity contribution >= 4 is 27.5 Å². The van der Waals surface area contributed by atoms with E-state index in [0.717, 1.165) is 56.9 Å². The highest BCUT2D eigenvalue weighted by molar-refractivity contribution is 7.88. The molecule has 0 fully saturated rings. The molecule has 1 heterocycles. The van der Waals surface area contributed by atoms with Crippen LogP contribution in [0.4, 0.5) is 0 Å². The molecule has 194 valence electrons. The lowest BCUT2D eigenvalue weighted by atomic mass is 9.85. The molecule has 1 aliphatic heterocycles. The second kappa shape index (κ2) is 12.8. The van der Waals surface area contributed by atoms with E-state index in [1.54, 1.807) is 4.31 Å². The number of ether oxygens (including phenoxy) is 2. The fraction of sp³-hybridized carbons (Fsp3) is 0.483. The topological polar surface area (TPSA) is 55.8 Å². The Morgan fingerprint density at radius 3 is 2.36 bits per heavy atom. The van der Waals surface area contributed by atoms with Gasteiger partial charge in [0.25, 0.3) is 0 Å². The Labute approximate surface area is 221 Å². The number of benzene rings is 2. The van der Waals surface area contributed by atoms with E-state index < -0.39 is 10.0 Å². The maximum atomic E-state index is 13.5. The number of hydrogen-bond donors (Lipinski definition) is 0. The van der Waals surface area contributed by atoms with Gasteiger partial charge >= 0.3 is 5.24 Å². The van der Waals surface area contributed by atoms with Gasteiger partial charge in [0.15, 0.2) is 0 Å². The molecule has 1 aliphatic carbocycles. The van der Waals surface area contributed by atoms with Gasteiger partial charge in [-0.15, -0.1) is 0 Å². The first-order chi connectivity index (χ1) is 17.5. The minimum absolute atomic E-state index is 0.0278. The summed E-state index contributed by atoms with van der Waals surface area (Å²) >= 11 is 5.48. The van der Waals surface area contributed by atoms with Crippen LogP contribution in [0, 0.1) is 5.92 Å². The minimum Gasteiger partial charge on any atom is -0.453 e. The quantitative estimate of drug-likeness (QED) is 0.284. The number of hydrogen-bond acceptors (Lipinski definition) is 5. The predicted molar refractivity (Wildman–Crippen MR) is 148 cm³/mol. The highest BCUT2D eigenvalue weighted by Gasteiger charge is 2.39. The number of thiocarbonyl (C=S) groups is 1. The van der Waals surface area contributed by atoms with Crippen LogP contribution in [0.1, 0.15) is 63.9 Å². The molecule has 0 radical (unpaired) electrons. The highest BCUT2D eigenvalue weighted by Crippen LogP contribution is 2.36. The molecule has 0 saturated heterocycles. The fourth-order valence-corrected chi connectivity index (χ4v) is 7.29. The molecule has 0 amide bonds. The molecule has 2 bridgehead atoms. The summed E-state index contributed by atoms with van der Waals surface area (Å²) in [6, 6.07) is 18.8. The van der Waals surface area contributed by atoms with Crippen molar-refractivity contribution in [1.29, 1.82) is 0 Å². The lowest BCUT2D eigenvalue weighted by molar-refractivity contribution is 0.0984. The van der Waals surface area contributed by atoms with Crippen molar-refractivity contribution in [2.75, 3.05) is 6.54 Å². The van der Waals surface area contributed by atoms with Crippen LogP contribution in [0.5, 0.6) is 5.75 Å². The molecule has 36 heavy (non-hydrogen) atoms. The van der Waals surface area contributed by atoms with Crippen molar-refractivity contribution in [2.24, 2.45) is 5.92 Å². The molecule has 3 unspecified atom stereocenters. The zero-order valence-corrected chi connectivity index (χ0v) is 22.7. The molecule has 7 heteroatoms. The Balaban J connectivity index is 1.53. The molecule has 2 aromatic carbocycles. The van der Waals surface area contributed by atoms with Crippen LogP contribution in [0.2, 0.25) is 0 Å². The van der Waals surface area contributed by atoms with Crippen molar-refractivity contribution in [3.8, 4) is 5.75 Å². The SMILES string of the molecule is CCCC(OC(=S)Oc1ccccc1)C1CCCCCCC2C=C1CN2S(=O)(=O)Cc1ccccc1. The molecule has 0 saturated carbocycles. The zero-order valence-electron chi connectivity index (χ0n) is 21.1. The summed E-state index contributed by atoms with van der Waals surface area (Å²) in [6.07, 6.45) is 10.1. The summed E-state index contributed by atoms with van der Waals surface area (Å²) in [5.41, 5.74) is 1.99. The number of fused-ring (bicyclic) bond motifs is 1. The largest absolute Gasteiger partial charge is 0.453 e. The summed E-state index contributed by atoms with van der Waals surface area (Å²) in [7, 11) is -3.46. The first-order valence-corrected chi connectivity index (χ1v) is 15.2. The third kappa shape index (κ3) is 7.17. The van der Waals surface area contributed by atoms with Gasteiger partial charge in [-0.05, 0) is 37.0 Å². The average Bonchev–Trinajstić information content (AvgIpc) is 3.28. The summed E-state index contributed by atoms with van der Waals surface area (Å²) in [5.74, 6) is 0.793. The average molecular weight is 528 g/mol. The van der Waals surface area contributed by atoms with E-state index in [1.165, 1.54) is 5.57 Å². The van der Waals surface area contributed by atoms with E-state index in [4.69, 9.17) is 21.7 Å². The van der Waals surface area contributed by atoms with Crippen LogP contribution < -0.4 is 4.74 Å². The van der Waals surface area contributed by atoms with E-state index in [2.05, 4.69) is 13.0 Å². The molecule has 2 aromatic rings. The third-order valence-electron chi connectivity index (χ3n) is 7.12. The van der Waals surface area contributed by atoms with Gasteiger partial charge in [-0.1, -0.05) is 99.2 Å². The van der Waals surface area contributed by atoms with Crippen molar-refractivity contribution in [3.63, 3.8) is 0 Å². The van der Waals surface area contributed by atoms with Gasteiger partial charge in [-0.2, -0.15) is 4.31 Å². The van der Waals surface area contributed by atoms with Crippen molar-refractivity contribution in [3.05, 3.63) is 77.9 Å². The number of rotatable bonds is 8. The predicted octanol–water partition coefficient (Wildman–Crippen LogP) is 6.65. The van der Waals surface area contributed by atoms with E-state index in [9.17, 15) is 8.42 Å². The maximum absolute atomic E-state index is 13.5. The molecular formula is C29H37NO4S2. The van der Waals surface area contributed by atoms with Gasteiger partial charge in [0.2, 0.25) is 10.0 Å². The van der Waals surface area contributed by atoms with E-state index in [0.29, 0.717) is 12.3 Å².